The van der Waals surface area contributed by atoms with E-state index in [4.69, 9.17) is 9.47 Å². The van der Waals surface area contributed by atoms with Crippen LogP contribution in [-0.4, -0.2) is 64.6 Å². The number of hydrogen-bond donors (Lipinski definition) is 1. The summed E-state index contributed by atoms with van der Waals surface area (Å²) < 4.78 is 37.3. The number of anilines is 3. The third kappa shape index (κ3) is 3.84. The van der Waals surface area contributed by atoms with Gasteiger partial charge in [-0.05, 0) is 49.6 Å². The lowest BCUT2D eigenvalue weighted by atomic mass is 9.96. The van der Waals surface area contributed by atoms with E-state index >= 15 is 0 Å². The van der Waals surface area contributed by atoms with Crippen molar-refractivity contribution in [2.75, 3.05) is 49.1 Å². The Morgan fingerprint density at radius 1 is 1.09 bits per heavy atom. The zero-order valence-corrected chi connectivity index (χ0v) is 19.8. The molecule has 180 valence electrons. The van der Waals surface area contributed by atoms with Crippen molar-refractivity contribution in [2.24, 2.45) is 0 Å². The number of fused-ring (bicyclic) bond motifs is 4. The van der Waals surface area contributed by atoms with Gasteiger partial charge in [-0.2, -0.15) is 0 Å². The second-order valence-corrected chi connectivity index (χ2v) is 10.8. The van der Waals surface area contributed by atoms with Gasteiger partial charge in [0.05, 0.1) is 16.3 Å². The first-order valence-corrected chi connectivity index (χ1v) is 12.5. The molecule has 0 aromatic heterocycles. The maximum absolute atomic E-state index is 13.5. The van der Waals surface area contributed by atoms with Gasteiger partial charge in [0, 0.05) is 32.4 Å². The van der Waals surface area contributed by atoms with Crippen LogP contribution in [0.15, 0.2) is 41.3 Å². The maximum Gasteiger partial charge on any atom is 0.250 e. The maximum atomic E-state index is 13.5. The third-order valence-electron chi connectivity index (χ3n) is 6.34. The number of carbonyl (C=O) groups is 2. The van der Waals surface area contributed by atoms with Gasteiger partial charge in [0.25, 0.3) is 0 Å². The average molecular weight is 487 g/mol. The lowest BCUT2D eigenvalue weighted by Gasteiger charge is -2.45. The highest BCUT2D eigenvalue weighted by Crippen LogP contribution is 2.41. The first-order chi connectivity index (χ1) is 16.3. The van der Waals surface area contributed by atoms with Crippen LogP contribution in [0.1, 0.15) is 19.3 Å². The summed E-state index contributed by atoms with van der Waals surface area (Å²) in [5.74, 6) is 0.537. The Hall–Kier alpha value is -3.31. The van der Waals surface area contributed by atoms with Crippen molar-refractivity contribution in [1.29, 1.82) is 0 Å². The van der Waals surface area contributed by atoms with Gasteiger partial charge in [0.2, 0.25) is 28.6 Å². The number of ether oxygens (including phenoxy) is 2. The molecule has 3 aliphatic rings. The predicted octanol–water partition coefficient (Wildman–Crippen LogP) is 2.01. The Morgan fingerprint density at radius 3 is 2.68 bits per heavy atom. The van der Waals surface area contributed by atoms with E-state index in [0.717, 1.165) is 22.8 Å². The first kappa shape index (κ1) is 22.5. The van der Waals surface area contributed by atoms with E-state index in [0.29, 0.717) is 35.8 Å². The molecule has 1 N–H and O–H groups in total. The molecule has 3 heterocycles. The van der Waals surface area contributed by atoms with Crippen molar-refractivity contribution in [3.63, 3.8) is 0 Å². The Kier molecular flexibility index (Phi) is 5.61. The van der Waals surface area contributed by atoms with Crippen molar-refractivity contribution < 1.29 is 27.5 Å². The quantitative estimate of drug-likeness (QED) is 0.689. The molecule has 2 aromatic rings. The molecule has 1 fully saturated rings. The van der Waals surface area contributed by atoms with Gasteiger partial charge in [-0.25, -0.2) is 12.7 Å². The lowest BCUT2D eigenvalue weighted by Crippen LogP contribution is -2.56. The molecule has 5 rings (SSSR count). The SMILES string of the molecule is CN(C)S(=O)(=O)c1ccc2c(c1)N(CC(=O)Nc1ccc3c(c1)OCO3)C(=O)[C@@H]1CCCCN21. The highest BCUT2D eigenvalue weighted by molar-refractivity contribution is 7.89. The highest BCUT2D eigenvalue weighted by atomic mass is 32.2. The van der Waals surface area contributed by atoms with Crippen molar-refractivity contribution in [2.45, 2.75) is 30.2 Å². The minimum Gasteiger partial charge on any atom is -0.454 e. The van der Waals surface area contributed by atoms with Crippen LogP contribution in [0.3, 0.4) is 0 Å². The van der Waals surface area contributed by atoms with E-state index < -0.39 is 15.9 Å². The molecular weight excluding hydrogens is 460 g/mol. The molecule has 0 bridgehead atoms. The summed E-state index contributed by atoms with van der Waals surface area (Å²) in [7, 11) is -0.802. The molecule has 3 aliphatic heterocycles. The standard InChI is InChI=1S/C23H26N4O6S/c1-25(2)34(30,31)16-7-8-17-19(12-16)27(23(29)18-5-3-4-10-26(17)18)13-22(28)24-15-6-9-20-21(11-15)33-14-32-20/h6-9,11-12,18H,3-5,10,13-14H2,1-2H3,(H,24,28)/t18-/m0/s1. The topological polar surface area (TPSA) is 108 Å². The Bertz CT molecular complexity index is 1260. The van der Waals surface area contributed by atoms with Crippen LogP contribution in [0, 0.1) is 0 Å². The van der Waals surface area contributed by atoms with E-state index in [1.807, 2.05) is 4.90 Å². The smallest absolute Gasteiger partial charge is 0.250 e. The number of amides is 2. The fourth-order valence-corrected chi connectivity index (χ4v) is 5.51. The zero-order valence-electron chi connectivity index (χ0n) is 19.0. The number of rotatable bonds is 5. The van der Waals surface area contributed by atoms with E-state index in [-0.39, 0.29) is 30.2 Å². The van der Waals surface area contributed by atoms with E-state index in [2.05, 4.69) is 5.32 Å². The first-order valence-electron chi connectivity index (χ1n) is 11.1. The fourth-order valence-electron chi connectivity index (χ4n) is 4.59. The van der Waals surface area contributed by atoms with Gasteiger partial charge in [-0.3, -0.25) is 14.5 Å². The molecule has 0 saturated carbocycles. The number of sulfonamides is 1. The second-order valence-electron chi connectivity index (χ2n) is 8.68. The van der Waals surface area contributed by atoms with Crippen LogP contribution in [0.5, 0.6) is 11.5 Å². The summed E-state index contributed by atoms with van der Waals surface area (Å²) in [5, 5.41) is 2.80. The van der Waals surface area contributed by atoms with Crippen LogP contribution in [0.4, 0.5) is 17.1 Å². The van der Waals surface area contributed by atoms with Crippen molar-refractivity contribution in [1.82, 2.24) is 4.31 Å². The number of piperidine rings is 1. The molecule has 0 spiro atoms. The van der Waals surface area contributed by atoms with Crippen LogP contribution < -0.4 is 24.6 Å². The highest BCUT2D eigenvalue weighted by Gasteiger charge is 2.40. The molecule has 11 heteroatoms. The largest absolute Gasteiger partial charge is 0.454 e. The molecule has 1 saturated heterocycles. The van der Waals surface area contributed by atoms with E-state index in [9.17, 15) is 18.0 Å². The van der Waals surface area contributed by atoms with Gasteiger partial charge in [0.1, 0.15) is 12.6 Å². The number of hydrogen-bond acceptors (Lipinski definition) is 7. The van der Waals surface area contributed by atoms with Gasteiger partial charge in [-0.1, -0.05) is 0 Å². The monoisotopic (exact) mass is 486 g/mol. The second kappa shape index (κ2) is 8.48. The van der Waals surface area contributed by atoms with Gasteiger partial charge < -0.3 is 19.7 Å². The van der Waals surface area contributed by atoms with Crippen LogP contribution in [0.2, 0.25) is 0 Å². The number of carbonyl (C=O) groups excluding carboxylic acids is 2. The van der Waals surface area contributed by atoms with Crippen molar-refractivity contribution in [3.8, 4) is 11.5 Å². The molecular formula is C23H26N4O6S. The van der Waals surface area contributed by atoms with E-state index in [1.165, 1.54) is 25.1 Å². The normalized spacial score (nSPS) is 19.1. The molecule has 2 aromatic carbocycles. The molecule has 1 atom stereocenters. The van der Waals surface area contributed by atoms with Crippen LogP contribution >= 0.6 is 0 Å². The fraction of sp³-hybridized carbons (Fsp3) is 0.391. The van der Waals surface area contributed by atoms with Gasteiger partial charge in [0.15, 0.2) is 11.5 Å². The van der Waals surface area contributed by atoms with Gasteiger partial charge in [-0.15, -0.1) is 0 Å². The lowest BCUT2D eigenvalue weighted by molar-refractivity contribution is -0.123. The minimum absolute atomic E-state index is 0.0701. The zero-order chi connectivity index (χ0) is 24.0. The van der Waals surface area contributed by atoms with Crippen LogP contribution in [-0.2, 0) is 19.6 Å². The third-order valence-corrected chi connectivity index (χ3v) is 8.15. The number of nitrogens with zero attached hydrogens (tertiary/aromatic N) is 3. The number of nitrogens with one attached hydrogen (secondary N) is 1. The minimum atomic E-state index is -3.71. The molecule has 34 heavy (non-hydrogen) atoms. The van der Waals surface area contributed by atoms with Gasteiger partial charge >= 0.3 is 0 Å². The van der Waals surface area contributed by atoms with Crippen molar-refractivity contribution >= 4 is 38.9 Å². The summed E-state index contributed by atoms with van der Waals surface area (Å²) in [6.07, 6.45) is 2.56. The molecule has 0 radical (unpaired) electrons. The predicted molar refractivity (Wildman–Crippen MR) is 126 cm³/mol. The molecule has 0 unspecified atom stereocenters. The summed E-state index contributed by atoms with van der Waals surface area (Å²) in [6.45, 7) is 0.596. The summed E-state index contributed by atoms with van der Waals surface area (Å²) in [4.78, 5) is 29.9. The Balaban J connectivity index is 1.47. The Morgan fingerprint density at radius 2 is 1.88 bits per heavy atom. The Labute approximate surface area is 198 Å². The molecule has 0 aliphatic carbocycles. The summed E-state index contributed by atoms with van der Waals surface area (Å²) in [6, 6.07) is 9.48. The van der Waals surface area contributed by atoms with Crippen molar-refractivity contribution in [3.05, 3.63) is 36.4 Å². The van der Waals surface area contributed by atoms with Crippen LogP contribution in [0.25, 0.3) is 0 Å². The summed E-state index contributed by atoms with van der Waals surface area (Å²) in [5.41, 5.74) is 1.70. The molecule has 10 nitrogen and oxygen atoms in total. The number of benzene rings is 2. The average Bonchev–Trinajstić information content (AvgIpc) is 3.29. The summed E-state index contributed by atoms with van der Waals surface area (Å²) >= 11 is 0. The molecule has 2 amide bonds. The van der Waals surface area contributed by atoms with E-state index in [1.54, 1.807) is 30.3 Å².